The summed E-state index contributed by atoms with van der Waals surface area (Å²) in [5.74, 6) is 2.11. The van der Waals surface area contributed by atoms with Crippen molar-refractivity contribution in [2.75, 3.05) is 0 Å². The molecule has 3 nitrogen and oxygen atoms in total. The van der Waals surface area contributed by atoms with Crippen molar-refractivity contribution in [1.82, 2.24) is 0 Å². The summed E-state index contributed by atoms with van der Waals surface area (Å²) in [6.45, 7) is 2.39. The Bertz CT molecular complexity index is 981. The third-order valence-electron chi connectivity index (χ3n) is 7.71. The van der Waals surface area contributed by atoms with E-state index in [1.54, 1.807) is 18.3 Å². The first kappa shape index (κ1) is 18.5. The number of phenols is 1. The Morgan fingerprint density at radius 2 is 1.90 bits per heavy atom. The van der Waals surface area contributed by atoms with Crippen LogP contribution in [0.4, 0.5) is 4.39 Å². The van der Waals surface area contributed by atoms with E-state index in [9.17, 15) is 9.50 Å². The second kappa shape index (κ2) is 7.08. The van der Waals surface area contributed by atoms with E-state index >= 15 is 0 Å². The first-order valence-corrected chi connectivity index (χ1v) is 10.7. The number of benzene rings is 2. The van der Waals surface area contributed by atoms with Gasteiger partial charge in [0.1, 0.15) is 11.6 Å². The van der Waals surface area contributed by atoms with Crippen LogP contribution in [0.3, 0.4) is 0 Å². The molecular formula is C25H27FN2O. The smallest absolute Gasteiger partial charge is 0.123 e. The summed E-state index contributed by atoms with van der Waals surface area (Å²) < 4.78 is 13.1. The van der Waals surface area contributed by atoms with Gasteiger partial charge in [-0.2, -0.15) is 10.2 Å². The topological polar surface area (TPSA) is 45.0 Å². The minimum absolute atomic E-state index is 0.135. The zero-order valence-corrected chi connectivity index (χ0v) is 16.8. The highest BCUT2D eigenvalue weighted by atomic mass is 19.1. The van der Waals surface area contributed by atoms with Gasteiger partial charge in [-0.1, -0.05) is 25.1 Å². The van der Waals surface area contributed by atoms with Gasteiger partial charge < -0.3 is 5.11 Å². The lowest BCUT2D eigenvalue weighted by molar-refractivity contribution is 0.0955. The first-order chi connectivity index (χ1) is 14.0. The van der Waals surface area contributed by atoms with Gasteiger partial charge in [0, 0.05) is 11.1 Å². The predicted molar refractivity (Wildman–Crippen MR) is 114 cm³/mol. The van der Waals surface area contributed by atoms with Crippen molar-refractivity contribution in [3.05, 3.63) is 65.0 Å². The molecule has 0 saturated heterocycles. The number of nitrogens with zero attached hydrogens (tertiary/aromatic N) is 2. The number of hydrogen-bond donors (Lipinski definition) is 1. The van der Waals surface area contributed by atoms with E-state index in [1.807, 2.05) is 12.1 Å². The van der Waals surface area contributed by atoms with Gasteiger partial charge in [0.25, 0.3) is 0 Å². The molecule has 5 rings (SSSR count). The molecule has 0 aromatic heterocycles. The largest absolute Gasteiger partial charge is 0.508 e. The van der Waals surface area contributed by atoms with E-state index in [1.165, 1.54) is 48.2 Å². The van der Waals surface area contributed by atoms with Crippen molar-refractivity contribution in [2.45, 2.75) is 51.4 Å². The molecule has 2 saturated carbocycles. The summed E-state index contributed by atoms with van der Waals surface area (Å²) >= 11 is 0. The lowest BCUT2D eigenvalue weighted by Gasteiger charge is -2.49. The zero-order chi connectivity index (χ0) is 20.0. The Labute approximate surface area is 171 Å². The van der Waals surface area contributed by atoms with Crippen LogP contribution in [-0.2, 0) is 6.42 Å². The minimum Gasteiger partial charge on any atom is -0.508 e. The fraction of sp³-hybridized carbons (Fsp3) is 0.440. The monoisotopic (exact) mass is 390 g/mol. The van der Waals surface area contributed by atoms with Crippen LogP contribution < -0.4 is 0 Å². The van der Waals surface area contributed by atoms with Crippen LogP contribution in [0.2, 0.25) is 0 Å². The fourth-order valence-corrected chi connectivity index (χ4v) is 6.24. The van der Waals surface area contributed by atoms with Crippen LogP contribution in [0.1, 0.15) is 61.6 Å². The molecule has 4 heteroatoms. The quantitative estimate of drug-likeness (QED) is 0.506. The van der Waals surface area contributed by atoms with Crippen molar-refractivity contribution in [3.8, 4) is 5.75 Å². The molecule has 0 bridgehead atoms. The van der Waals surface area contributed by atoms with E-state index in [4.69, 9.17) is 0 Å². The Morgan fingerprint density at radius 3 is 2.72 bits per heavy atom. The van der Waals surface area contributed by atoms with Crippen LogP contribution >= 0.6 is 0 Å². The highest BCUT2D eigenvalue weighted by Crippen LogP contribution is 2.60. The molecule has 2 fully saturated rings. The molecule has 2 aromatic carbocycles. The molecule has 3 aliphatic carbocycles. The third kappa shape index (κ3) is 3.19. The standard InChI is InChI=1S/C25H27FN2O/c1-25-13-12-21-20-9-7-19(29)14-17(20)4-8-22(21)23(25)10-11-24(25)28-27-15-16-2-5-18(26)6-3-16/h2-3,5-7,9,14-15,21-23,29H,4,8,10-13H2,1H3/b27-15-,28-24-/t21-,22-,23-,25+/m1/s1. The lowest BCUT2D eigenvalue weighted by atomic mass is 9.55. The molecule has 2 aromatic rings. The molecule has 4 atom stereocenters. The van der Waals surface area contributed by atoms with E-state index in [0.29, 0.717) is 23.5 Å². The Morgan fingerprint density at radius 1 is 1.07 bits per heavy atom. The van der Waals surface area contributed by atoms with E-state index in [0.717, 1.165) is 24.8 Å². The van der Waals surface area contributed by atoms with Crippen molar-refractivity contribution in [3.63, 3.8) is 0 Å². The molecule has 29 heavy (non-hydrogen) atoms. The van der Waals surface area contributed by atoms with Gasteiger partial charge in [-0.05, 0) is 97.2 Å². The van der Waals surface area contributed by atoms with Crippen molar-refractivity contribution in [1.29, 1.82) is 0 Å². The van der Waals surface area contributed by atoms with Gasteiger partial charge in [-0.25, -0.2) is 4.39 Å². The van der Waals surface area contributed by atoms with Gasteiger partial charge in [-0.15, -0.1) is 0 Å². The summed E-state index contributed by atoms with van der Waals surface area (Å²) in [5, 5.41) is 18.8. The maximum absolute atomic E-state index is 13.1. The number of fused-ring (bicyclic) bond motifs is 5. The molecule has 0 spiro atoms. The van der Waals surface area contributed by atoms with Gasteiger partial charge in [0.2, 0.25) is 0 Å². The maximum atomic E-state index is 13.1. The number of aromatic hydroxyl groups is 1. The Hall–Kier alpha value is -2.49. The molecule has 0 unspecified atom stereocenters. The summed E-state index contributed by atoms with van der Waals surface area (Å²) in [7, 11) is 0. The Balaban J connectivity index is 1.37. The summed E-state index contributed by atoms with van der Waals surface area (Å²) in [4.78, 5) is 0. The van der Waals surface area contributed by atoms with Gasteiger partial charge in [0.15, 0.2) is 0 Å². The number of aryl methyl sites for hydroxylation is 1. The molecule has 0 radical (unpaired) electrons. The van der Waals surface area contributed by atoms with Crippen molar-refractivity contribution >= 4 is 11.9 Å². The average Bonchev–Trinajstić information content (AvgIpc) is 3.05. The van der Waals surface area contributed by atoms with E-state index in [2.05, 4.69) is 23.2 Å². The van der Waals surface area contributed by atoms with E-state index in [-0.39, 0.29) is 11.2 Å². The molecule has 0 heterocycles. The van der Waals surface area contributed by atoms with Crippen LogP contribution in [0.25, 0.3) is 0 Å². The highest BCUT2D eigenvalue weighted by Gasteiger charge is 2.53. The molecule has 0 aliphatic heterocycles. The maximum Gasteiger partial charge on any atom is 0.123 e. The van der Waals surface area contributed by atoms with Crippen LogP contribution in [0.5, 0.6) is 5.75 Å². The van der Waals surface area contributed by atoms with Gasteiger partial charge in [-0.3, -0.25) is 0 Å². The third-order valence-corrected chi connectivity index (χ3v) is 7.71. The second-order valence-corrected chi connectivity index (χ2v) is 9.14. The van der Waals surface area contributed by atoms with Crippen molar-refractivity contribution in [2.24, 2.45) is 27.5 Å². The SMILES string of the molecule is C[C@]12CC[C@@H]3c4ccc(O)cc4CC[C@H]3[C@H]1CC/C2=N/N=C\c1ccc(F)cc1. The predicted octanol–water partition coefficient (Wildman–Crippen LogP) is 5.86. The van der Waals surface area contributed by atoms with Crippen LogP contribution in [-0.4, -0.2) is 17.0 Å². The summed E-state index contributed by atoms with van der Waals surface area (Å²) in [6.07, 6.45) is 8.52. The first-order valence-electron chi connectivity index (χ1n) is 10.7. The second-order valence-electron chi connectivity index (χ2n) is 9.14. The fourth-order valence-electron chi connectivity index (χ4n) is 6.24. The molecular weight excluding hydrogens is 363 g/mol. The van der Waals surface area contributed by atoms with Gasteiger partial charge >= 0.3 is 0 Å². The summed E-state index contributed by atoms with van der Waals surface area (Å²) in [6, 6.07) is 12.3. The number of hydrogen-bond acceptors (Lipinski definition) is 3. The van der Waals surface area contributed by atoms with Crippen LogP contribution in [0, 0.1) is 23.1 Å². The molecule has 150 valence electrons. The van der Waals surface area contributed by atoms with E-state index < -0.39 is 0 Å². The van der Waals surface area contributed by atoms with Crippen molar-refractivity contribution < 1.29 is 9.50 Å². The highest BCUT2D eigenvalue weighted by molar-refractivity contribution is 5.93. The lowest BCUT2D eigenvalue weighted by Crippen LogP contribution is -2.42. The van der Waals surface area contributed by atoms with Crippen LogP contribution in [0.15, 0.2) is 52.7 Å². The molecule has 1 N–H and O–H groups in total. The average molecular weight is 391 g/mol. The zero-order valence-electron chi connectivity index (χ0n) is 16.8. The minimum atomic E-state index is -0.236. The normalized spacial score (nSPS) is 32.2. The number of phenolic OH excluding ortho intramolecular Hbond substituents is 1. The Kier molecular flexibility index (Phi) is 4.53. The van der Waals surface area contributed by atoms with Gasteiger partial charge in [0.05, 0.1) is 6.21 Å². The molecule has 0 amide bonds. The summed E-state index contributed by atoms with van der Waals surface area (Å²) in [5.41, 5.74) is 5.03. The number of halogens is 1. The number of rotatable bonds is 2. The molecule has 3 aliphatic rings.